The number of carbonyl (C=O) groups is 1. The van der Waals surface area contributed by atoms with Gasteiger partial charge in [-0.1, -0.05) is 51.1 Å². The second-order valence-corrected chi connectivity index (χ2v) is 12.4. The Labute approximate surface area is 209 Å². The largest absolute Gasteiger partial charge is 0.401 e. The van der Waals surface area contributed by atoms with E-state index in [2.05, 4.69) is 20.8 Å². The average Bonchev–Trinajstić information content (AvgIpc) is 2.78. The fraction of sp³-hybridized carbons (Fsp3) is 0.519. The molecule has 4 rings (SSSR count). The predicted octanol–water partition coefficient (Wildman–Crippen LogP) is 6.19. The minimum absolute atomic E-state index is 0.0466. The van der Waals surface area contributed by atoms with Gasteiger partial charge >= 0.3 is 6.18 Å². The lowest BCUT2D eigenvalue weighted by Crippen LogP contribution is -2.59. The van der Waals surface area contributed by atoms with Crippen LogP contribution in [0.5, 0.6) is 0 Å². The van der Waals surface area contributed by atoms with Gasteiger partial charge in [0.05, 0.1) is 18.2 Å². The molecule has 0 N–H and O–H groups in total. The Morgan fingerprint density at radius 1 is 1.03 bits per heavy atom. The Morgan fingerprint density at radius 2 is 1.66 bits per heavy atom. The van der Waals surface area contributed by atoms with Crippen LogP contribution in [0.25, 0.3) is 0 Å². The SMILES string of the molecule is CC(C)(C)Sc1ccc(C(=O)N2CCC3(CC2)CN(CC(F)(F)F)CC(c2ccccc2)O3)cc1. The number of morpholine rings is 1. The van der Waals surface area contributed by atoms with Crippen molar-refractivity contribution in [2.24, 2.45) is 0 Å². The van der Waals surface area contributed by atoms with Gasteiger partial charge in [0.15, 0.2) is 0 Å². The maximum atomic E-state index is 13.3. The Morgan fingerprint density at radius 3 is 2.23 bits per heavy atom. The molecule has 2 aliphatic heterocycles. The maximum absolute atomic E-state index is 13.3. The number of ether oxygens (including phenoxy) is 1. The molecule has 35 heavy (non-hydrogen) atoms. The monoisotopic (exact) mass is 506 g/mol. The van der Waals surface area contributed by atoms with Crippen LogP contribution in [0.3, 0.4) is 0 Å². The zero-order chi connectivity index (χ0) is 25.3. The zero-order valence-corrected chi connectivity index (χ0v) is 21.3. The molecular weight excluding hydrogens is 473 g/mol. The highest BCUT2D eigenvalue weighted by Crippen LogP contribution is 2.39. The summed E-state index contributed by atoms with van der Waals surface area (Å²) in [6.45, 7) is 6.81. The van der Waals surface area contributed by atoms with Crippen molar-refractivity contribution < 1.29 is 22.7 Å². The number of likely N-dealkylation sites (tertiary alicyclic amines) is 1. The van der Waals surface area contributed by atoms with Crippen molar-refractivity contribution in [1.82, 2.24) is 9.80 Å². The second kappa shape index (κ2) is 10.1. The molecule has 2 heterocycles. The van der Waals surface area contributed by atoms with E-state index in [-0.39, 0.29) is 23.7 Å². The van der Waals surface area contributed by atoms with Gasteiger partial charge in [0.25, 0.3) is 5.91 Å². The topological polar surface area (TPSA) is 32.8 Å². The van der Waals surface area contributed by atoms with Crippen LogP contribution in [0, 0.1) is 0 Å². The zero-order valence-electron chi connectivity index (χ0n) is 20.5. The number of carbonyl (C=O) groups excluding carboxylic acids is 1. The molecule has 1 amide bonds. The highest BCUT2D eigenvalue weighted by Gasteiger charge is 2.46. The molecule has 1 atom stereocenters. The van der Waals surface area contributed by atoms with Crippen LogP contribution in [0.4, 0.5) is 13.2 Å². The molecule has 8 heteroatoms. The van der Waals surface area contributed by atoms with E-state index in [4.69, 9.17) is 4.74 Å². The molecule has 2 fully saturated rings. The van der Waals surface area contributed by atoms with Gasteiger partial charge in [-0.2, -0.15) is 13.2 Å². The summed E-state index contributed by atoms with van der Waals surface area (Å²) in [6, 6.07) is 17.1. The number of hydrogen-bond donors (Lipinski definition) is 0. The third kappa shape index (κ3) is 7.02. The Hall–Kier alpha value is -2.03. The molecule has 2 aromatic carbocycles. The number of thioether (sulfide) groups is 1. The van der Waals surface area contributed by atoms with Crippen LogP contribution in [0.1, 0.15) is 55.6 Å². The molecule has 0 saturated carbocycles. The number of benzene rings is 2. The summed E-state index contributed by atoms with van der Waals surface area (Å²) in [4.78, 5) is 17.5. The lowest BCUT2D eigenvalue weighted by molar-refractivity contribution is -0.205. The van der Waals surface area contributed by atoms with Gasteiger partial charge in [0, 0.05) is 41.4 Å². The number of amides is 1. The summed E-state index contributed by atoms with van der Waals surface area (Å²) in [5, 5.41) is 0. The molecular formula is C27H33F3N2O2S. The van der Waals surface area contributed by atoms with E-state index in [9.17, 15) is 18.0 Å². The molecule has 0 aliphatic carbocycles. The molecule has 1 spiro atoms. The molecule has 0 bridgehead atoms. The Balaban J connectivity index is 1.44. The van der Waals surface area contributed by atoms with Crippen molar-refractivity contribution in [2.45, 2.75) is 61.1 Å². The molecule has 0 radical (unpaired) electrons. The van der Waals surface area contributed by atoms with Crippen molar-refractivity contribution in [3.05, 3.63) is 65.7 Å². The number of piperidine rings is 1. The first-order valence-electron chi connectivity index (χ1n) is 12.0. The summed E-state index contributed by atoms with van der Waals surface area (Å²) in [7, 11) is 0. The highest BCUT2D eigenvalue weighted by molar-refractivity contribution is 8.00. The van der Waals surface area contributed by atoms with Crippen molar-refractivity contribution in [3.63, 3.8) is 0 Å². The van der Waals surface area contributed by atoms with E-state index in [0.29, 0.717) is 31.5 Å². The summed E-state index contributed by atoms with van der Waals surface area (Å²) < 4.78 is 46.4. The third-order valence-corrected chi connectivity index (χ3v) is 7.51. The fourth-order valence-electron chi connectivity index (χ4n) is 4.89. The molecule has 2 aromatic rings. The van der Waals surface area contributed by atoms with Crippen LogP contribution in [-0.2, 0) is 4.74 Å². The predicted molar refractivity (Wildman–Crippen MR) is 133 cm³/mol. The first-order valence-corrected chi connectivity index (χ1v) is 12.8. The van der Waals surface area contributed by atoms with Crippen molar-refractivity contribution >= 4 is 17.7 Å². The van der Waals surface area contributed by atoms with Gasteiger partial charge in [-0.25, -0.2) is 0 Å². The summed E-state index contributed by atoms with van der Waals surface area (Å²) in [5.74, 6) is -0.0466. The van der Waals surface area contributed by atoms with Gasteiger partial charge < -0.3 is 9.64 Å². The van der Waals surface area contributed by atoms with E-state index in [1.807, 2.05) is 54.6 Å². The van der Waals surface area contributed by atoms with Crippen LogP contribution < -0.4 is 0 Å². The molecule has 2 saturated heterocycles. The van der Waals surface area contributed by atoms with Gasteiger partial charge in [-0.3, -0.25) is 9.69 Å². The molecule has 0 aromatic heterocycles. The maximum Gasteiger partial charge on any atom is 0.401 e. The molecule has 2 aliphatic rings. The highest BCUT2D eigenvalue weighted by atomic mass is 32.2. The van der Waals surface area contributed by atoms with Gasteiger partial charge in [0.2, 0.25) is 0 Å². The number of rotatable bonds is 4. The average molecular weight is 507 g/mol. The number of hydrogen-bond acceptors (Lipinski definition) is 4. The standard InChI is InChI=1S/C27H33F3N2O2S/c1-25(2,3)35-22-11-9-21(10-12-22)24(33)32-15-13-26(14-16-32)18-31(19-27(28,29)30)17-23(34-26)20-7-5-4-6-8-20/h4-12,23H,13-19H2,1-3H3. The van der Waals surface area contributed by atoms with E-state index < -0.39 is 24.4 Å². The lowest BCUT2D eigenvalue weighted by atomic mass is 9.87. The quantitative estimate of drug-likeness (QED) is 0.463. The Bertz CT molecular complexity index is 998. The minimum Gasteiger partial charge on any atom is -0.364 e. The smallest absolute Gasteiger partial charge is 0.364 e. The lowest BCUT2D eigenvalue weighted by Gasteiger charge is -2.50. The normalized spacial score (nSPS) is 21.3. The third-order valence-electron chi connectivity index (χ3n) is 6.39. The van der Waals surface area contributed by atoms with E-state index in [1.165, 1.54) is 4.90 Å². The van der Waals surface area contributed by atoms with Gasteiger partial charge in [-0.05, 0) is 42.7 Å². The molecule has 190 valence electrons. The number of alkyl halides is 3. The van der Waals surface area contributed by atoms with E-state index in [1.54, 1.807) is 16.7 Å². The first-order chi connectivity index (χ1) is 16.4. The molecule has 4 nitrogen and oxygen atoms in total. The van der Waals surface area contributed by atoms with Crippen LogP contribution in [-0.4, -0.2) is 65.0 Å². The number of nitrogens with zero attached hydrogens (tertiary/aromatic N) is 2. The van der Waals surface area contributed by atoms with Crippen LogP contribution in [0.15, 0.2) is 59.5 Å². The van der Waals surface area contributed by atoms with Gasteiger partial charge in [0.1, 0.15) is 0 Å². The van der Waals surface area contributed by atoms with Gasteiger partial charge in [-0.15, -0.1) is 11.8 Å². The van der Waals surface area contributed by atoms with E-state index in [0.717, 1.165) is 10.5 Å². The fourth-order valence-corrected chi connectivity index (χ4v) is 5.87. The Kier molecular flexibility index (Phi) is 7.55. The summed E-state index contributed by atoms with van der Waals surface area (Å²) in [6.07, 6.45) is -3.68. The number of halogens is 3. The minimum atomic E-state index is -4.27. The summed E-state index contributed by atoms with van der Waals surface area (Å²) in [5.41, 5.74) is 0.809. The first kappa shape index (κ1) is 26.0. The van der Waals surface area contributed by atoms with Crippen molar-refractivity contribution in [2.75, 3.05) is 32.7 Å². The van der Waals surface area contributed by atoms with Crippen LogP contribution >= 0.6 is 11.8 Å². The van der Waals surface area contributed by atoms with Crippen molar-refractivity contribution in [3.8, 4) is 0 Å². The molecule has 1 unspecified atom stereocenters. The van der Waals surface area contributed by atoms with E-state index >= 15 is 0 Å². The second-order valence-electron chi connectivity index (χ2n) is 10.5. The summed E-state index contributed by atoms with van der Waals surface area (Å²) >= 11 is 1.75. The van der Waals surface area contributed by atoms with Crippen molar-refractivity contribution in [1.29, 1.82) is 0 Å². The van der Waals surface area contributed by atoms with Crippen LogP contribution in [0.2, 0.25) is 0 Å².